The summed E-state index contributed by atoms with van der Waals surface area (Å²) in [6.07, 6.45) is 7.27. The molecule has 0 saturated carbocycles. The molecule has 1 nitrogen and oxygen atoms in total. The molecule has 1 fully saturated rings. The molecule has 0 aromatic heterocycles. The van der Waals surface area contributed by atoms with Gasteiger partial charge in [0, 0.05) is 6.61 Å². The fraction of sp³-hybridized carbons (Fsp3) is 0.750. The molecule has 0 aromatic carbocycles. The van der Waals surface area contributed by atoms with Crippen LogP contribution in [0, 0.1) is 0 Å². The van der Waals surface area contributed by atoms with Gasteiger partial charge in [-0.3, -0.25) is 0 Å². The van der Waals surface area contributed by atoms with E-state index in [-0.39, 0.29) is 0 Å². The first-order chi connectivity index (χ1) is 4.43. The first kappa shape index (κ1) is 6.81. The Labute approximate surface area is 56.7 Å². The van der Waals surface area contributed by atoms with Crippen molar-refractivity contribution in [1.29, 1.82) is 0 Å². The van der Waals surface area contributed by atoms with Crippen LogP contribution in [-0.2, 0) is 4.74 Å². The van der Waals surface area contributed by atoms with Gasteiger partial charge in [-0.25, -0.2) is 0 Å². The average Bonchev–Trinajstić information content (AvgIpc) is 2.13. The van der Waals surface area contributed by atoms with E-state index in [9.17, 15) is 0 Å². The summed E-state index contributed by atoms with van der Waals surface area (Å²) < 4.78 is 5.43. The van der Waals surface area contributed by atoms with Crippen LogP contribution < -0.4 is 0 Å². The zero-order valence-electron chi connectivity index (χ0n) is 5.81. The molecule has 0 aliphatic carbocycles. The topological polar surface area (TPSA) is 9.23 Å². The van der Waals surface area contributed by atoms with Gasteiger partial charge < -0.3 is 4.74 Å². The molecule has 1 heterocycles. The number of ether oxygens (including phenoxy) is 1. The second-order valence-electron chi connectivity index (χ2n) is 2.49. The van der Waals surface area contributed by atoms with Crippen LogP contribution in [0.15, 0.2) is 12.7 Å². The Kier molecular flexibility index (Phi) is 2.78. The number of rotatable bonds is 1. The summed E-state index contributed by atoms with van der Waals surface area (Å²) in [6.45, 7) is 4.63. The first-order valence-corrected chi connectivity index (χ1v) is 3.67. The highest BCUT2D eigenvalue weighted by atomic mass is 16.5. The third-order valence-corrected chi connectivity index (χ3v) is 1.73. The minimum Gasteiger partial charge on any atom is -0.374 e. The summed E-state index contributed by atoms with van der Waals surface area (Å²) in [5.74, 6) is 0. The summed E-state index contributed by atoms with van der Waals surface area (Å²) in [7, 11) is 0. The molecule has 0 radical (unpaired) electrons. The monoisotopic (exact) mass is 126 g/mol. The summed E-state index contributed by atoms with van der Waals surface area (Å²) in [5.41, 5.74) is 0. The van der Waals surface area contributed by atoms with Crippen LogP contribution in [0.4, 0.5) is 0 Å². The van der Waals surface area contributed by atoms with Gasteiger partial charge in [0.1, 0.15) is 0 Å². The van der Waals surface area contributed by atoms with Gasteiger partial charge in [-0.1, -0.05) is 18.9 Å². The normalized spacial score (nSPS) is 29.1. The van der Waals surface area contributed by atoms with Crippen LogP contribution in [0.5, 0.6) is 0 Å². The maximum Gasteiger partial charge on any atom is 0.0753 e. The summed E-state index contributed by atoms with van der Waals surface area (Å²) in [5, 5.41) is 0. The van der Waals surface area contributed by atoms with Crippen molar-refractivity contribution in [2.45, 2.75) is 31.8 Å². The lowest BCUT2D eigenvalue weighted by atomic mass is 10.1. The Bertz CT molecular complexity index is 80.6. The second kappa shape index (κ2) is 3.67. The van der Waals surface area contributed by atoms with Gasteiger partial charge in [0.15, 0.2) is 0 Å². The maximum absolute atomic E-state index is 5.43. The molecule has 0 spiro atoms. The largest absolute Gasteiger partial charge is 0.374 e. The highest BCUT2D eigenvalue weighted by Crippen LogP contribution is 2.12. The van der Waals surface area contributed by atoms with Crippen molar-refractivity contribution in [2.75, 3.05) is 6.61 Å². The van der Waals surface area contributed by atoms with Crippen LogP contribution >= 0.6 is 0 Å². The molecule has 1 saturated heterocycles. The minimum absolute atomic E-state index is 0.340. The Morgan fingerprint density at radius 3 is 3.00 bits per heavy atom. The van der Waals surface area contributed by atoms with Crippen LogP contribution in [0.2, 0.25) is 0 Å². The molecule has 9 heavy (non-hydrogen) atoms. The van der Waals surface area contributed by atoms with E-state index in [1.807, 2.05) is 6.08 Å². The van der Waals surface area contributed by atoms with Gasteiger partial charge in [0.2, 0.25) is 0 Å². The molecule has 1 aliphatic rings. The fourth-order valence-corrected chi connectivity index (χ4v) is 1.13. The van der Waals surface area contributed by atoms with Gasteiger partial charge in [0.05, 0.1) is 6.10 Å². The molecule has 1 atom stereocenters. The summed E-state index contributed by atoms with van der Waals surface area (Å²) in [6, 6.07) is 0. The smallest absolute Gasteiger partial charge is 0.0753 e. The van der Waals surface area contributed by atoms with Gasteiger partial charge in [-0.2, -0.15) is 0 Å². The Morgan fingerprint density at radius 1 is 1.33 bits per heavy atom. The highest BCUT2D eigenvalue weighted by molar-refractivity contribution is 4.80. The van der Waals surface area contributed by atoms with Crippen molar-refractivity contribution in [3.8, 4) is 0 Å². The van der Waals surface area contributed by atoms with E-state index in [4.69, 9.17) is 4.74 Å². The third kappa shape index (κ3) is 2.19. The quantitative estimate of drug-likeness (QED) is 0.489. The van der Waals surface area contributed by atoms with Gasteiger partial charge in [0.25, 0.3) is 0 Å². The average molecular weight is 126 g/mol. The van der Waals surface area contributed by atoms with Crippen molar-refractivity contribution in [1.82, 2.24) is 0 Å². The van der Waals surface area contributed by atoms with Crippen molar-refractivity contribution in [3.63, 3.8) is 0 Å². The molecule has 1 aliphatic heterocycles. The SMILES string of the molecule is C=C[C@@H]1CCCCCO1. The zero-order valence-corrected chi connectivity index (χ0v) is 5.81. The first-order valence-electron chi connectivity index (χ1n) is 3.67. The molecule has 1 rings (SSSR count). The van der Waals surface area contributed by atoms with Crippen LogP contribution in [0.1, 0.15) is 25.7 Å². The summed E-state index contributed by atoms with van der Waals surface area (Å²) >= 11 is 0. The van der Waals surface area contributed by atoms with Crippen molar-refractivity contribution in [3.05, 3.63) is 12.7 Å². The minimum atomic E-state index is 0.340. The molecular formula is C8H14O. The Hall–Kier alpha value is -0.300. The molecule has 1 heteroatoms. The van der Waals surface area contributed by atoms with E-state index >= 15 is 0 Å². The Morgan fingerprint density at radius 2 is 2.22 bits per heavy atom. The van der Waals surface area contributed by atoms with Gasteiger partial charge in [-0.15, -0.1) is 6.58 Å². The van der Waals surface area contributed by atoms with Crippen LogP contribution in [0.25, 0.3) is 0 Å². The number of hydrogen-bond acceptors (Lipinski definition) is 1. The molecule has 0 N–H and O–H groups in total. The van der Waals surface area contributed by atoms with E-state index in [1.165, 1.54) is 25.7 Å². The Balaban J connectivity index is 2.26. The summed E-state index contributed by atoms with van der Waals surface area (Å²) in [4.78, 5) is 0. The van der Waals surface area contributed by atoms with Gasteiger partial charge in [-0.05, 0) is 12.8 Å². The highest BCUT2D eigenvalue weighted by Gasteiger charge is 2.06. The molecule has 0 bridgehead atoms. The third-order valence-electron chi connectivity index (χ3n) is 1.73. The molecule has 52 valence electrons. The maximum atomic E-state index is 5.43. The van der Waals surface area contributed by atoms with E-state index in [2.05, 4.69) is 6.58 Å². The lowest BCUT2D eigenvalue weighted by Gasteiger charge is -2.07. The van der Waals surface area contributed by atoms with Crippen LogP contribution in [0.3, 0.4) is 0 Å². The lowest BCUT2D eigenvalue weighted by Crippen LogP contribution is -2.06. The van der Waals surface area contributed by atoms with Crippen molar-refractivity contribution < 1.29 is 4.74 Å². The lowest BCUT2D eigenvalue weighted by molar-refractivity contribution is 0.0919. The standard InChI is InChI=1S/C8H14O/c1-2-8-6-4-3-5-7-9-8/h2,8H,1,3-7H2/t8-/m1/s1. The fourth-order valence-electron chi connectivity index (χ4n) is 1.13. The van der Waals surface area contributed by atoms with Crippen molar-refractivity contribution >= 4 is 0 Å². The van der Waals surface area contributed by atoms with Crippen LogP contribution in [-0.4, -0.2) is 12.7 Å². The van der Waals surface area contributed by atoms with Crippen molar-refractivity contribution in [2.24, 2.45) is 0 Å². The number of hydrogen-bond donors (Lipinski definition) is 0. The zero-order chi connectivity index (χ0) is 6.53. The van der Waals surface area contributed by atoms with E-state index < -0.39 is 0 Å². The van der Waals surface area contributed by atoms with E-state index in [0.29, 0.717) is 6.10 Å². The predicted octanol–water partition coefficient (Wildman–Crippen LogP) is 2.13. The molecule has 0 amide bonds. The molecular weight excluding hydrogens is 112 g/mol. The van der Waals surface area contributed by atoms with E-state index in [1.54, 1.807) is 0 Å². The molecule has 0 unspecified atom stereocenters. The van der Waals surface area contributed by atoms with E-state index in [0.717, 1.165) is 6.61 Å². The predicted molar refractivity (Wildman–Crippen MR) is 38.4 cm³/mol. The molecule has 0 aromatic rings. The second-order valence-corrected chi connectivity index (χ2v) is 2.49. The van der Waals surface area contributed by atoms with Gasteiger partial charge >= 0.3 is 0 Å².